The molecular weight excluding hydrogens is 164 g/mol. The van der Waals surface area contributed by atoms with E-state index in [4.69, 9.17) is 14.6 Å². The summed E-state index contributed by atoms with van der Waals surface area (Å²) in [5.41, 5.74) is 0. The standard InChI is InChI=1S/C7H14O5/c1-11-3-5-7(10)6(9)4(8)2-12-5/h4-10H,2-3H2,1H3/t4-,5?,6?,7?/m1/s1. The second kappa shape index (κ2) is 4.15. The fourth-order valence-electron chi connectivity index (χ4n) is 1.18. The van der Waals surface area contributed by atoms with Gasteiger partial charge in [0.15, 0.2) is 0 Å². The van der Waals surface area contributed by atoms with Crippen LogP contribution >= 0.6 is 0 Å². The van der Waals surface area contributed by atoms with Gasteiger partial charge in [-0.3, -0.25) is 0 Å². The molecule has 1 aliphatic heterocycles. The van der Waals surface area contributed by atoms with Crippen molar-refractivity contribution in [3.05, 3.63) is 0 Å². The Kier molecular flexibility index (Phi) is 3.42. The van der Waals surface area contributed by atoms with Crippen molar-refractivity contribution >= 4 is 0 Å². The van der Waals surface area contributed by atoms with Crippen molar-refractivity contribution in [1.82, 2.24) is 0 Å². The van der Waals surface area contributed by atoms with Crippen LogP contribution in [0.1, 0.15) is 0 Å². The number of aliphatic hydroxyl groups excluding tert-OH is 3. The molecule has 0 amide bonds. The van der Waals surface area contributed by atoms with E-state index in [1.54, 1.807) is 0 Å². The van der Waals surface area contributed by atoms with E-state index in [0.717, 1.165) is 0 Å². The van der Waals surface area contributed by atoms with E-state index in [-0.39, 0.29) is 13.2 Å². The third-order valence-electron chi connectivity index (χ3n) is 1.94. The maximum absolute atomic E-state index is 9.32. The van der Waals surface area contributed by atoms with Gasteiger partial charge in [0.2, 0.25) is 0 Å². The van der Waals surface area contributed by atoms with Gasteiger partial charge in [-0.15, -0.1) is 0 Å². The SMILES string of the molecule is COCC1OC[C@@H](O)C(O)C1O. The van der Waals surface area contributed by atoms with E-state index in [1.165, 1.54) is 7.11 Å². The van der Waals surface area contributed by atoms with Gasteiger partial charge in [0.1, 0.15) is 24.4 Å². The molecule has 5 heteroatoms. The summed E-state index contributed by atoms with van der Waals surface area (Å²) in [4.78, 5) is 0. The van der Waals surface area contributed by atoms with E-state index in [9.17, 15) is 10.2 Å². The number of hydrogen-bond donors (Lipinski definition) is 3. The summed E-state index contributed by atoms with van der Waals surface area (Å²) in [5.74, 6) is 0. The lowest BCUT2D eigenvalue weighted by atomic mass is 10.0. The lowest BCUT2D eigenvalue weighted by Gasteiger charge is -2.34. The van der Waals surface area contributed by atoms with Gasteiger partial charge in [-0.1, -0.05) is 0 Å². The molecule has 0 radical (unpaired) electrons. The van der Waals surface area contributed by atoms with Crippen LogP contribution in [-0.4, -0.2) is 60.1 Å². The van der Waals surface area contributed by atoms with E-state index >= 15 is 0 Å². The fourth-order valence-corrected chi connectivity index (χ4v) is 1.18. The zero-order valence-electron chi connectivity index (χ0n) is 6.88. The minimum atomic E-state index is -1.14. The molecule has 4 atom stereocenters. The van der Waals surface area contributed by atoms with Crippen LogP contribution in [0.3, 0.4) is 0 Å². The number of methoxy groups -OCH3 is 1. The fraction of sp³-hybridized carbons (Fsp3) is 1.00. The van der Waals surface area contributed by atoms with Crippen molar-refractivity contribution < 1.29 is 24.8 Å². The Morgan fingerprint density at radius 2 is 2.00 bits per heavy atom. The third kappa shape index (κ3) is 1.94. The minimum absolute atomic E-state index is 0.0340. The normalized spacial score (nSPS) is 43.0. The predicted molar refractivity (Wildman–Crippen MR) is 39.6 cm³/mol. The summed E-state index contributed by atoms with van der Waals surface area (Å²) in [6.07, 6.45) is -3.77. The lowest BCUT2D eigenvalue weighted by Crippen LogP contribution is -2.54. The molecule has 1 saturated heterocycles. The number of hydrogen-bond acceptors (Lipinski definition) is 5. The average Bonchev–Trinajstić information content (AvgIpc) is 2.07. The molecule has 1 heterocycles. The summed E-state index contributed by atoms with van der Waals surface area (Å²) in [6.45, 7) is 0.247. The molecule has 0 aromatic heterocycles. The summed E-state index contributed by atoms with van der Waals surface area (Å²) in [7, 11) is 1.48. The van der Waals surface area contributed by atoms with Gasteiger partial charge in [0.25, 0.3) is 0 Å². The van der Waals surface area contributed by atoms with Crippen LogP contribution in [0.5, 0.6) is 0 Å². The molecule has 0 aromatic carbocycles. The Morgan fingerprint density at radius 3 is 2.58 bits per heavy atom. The van der Waals surface area contributed by atoms with Crippen molar-refractivity contribution in [3.8, 4) is 0 Å². The van der Waals surface area contributed by atoms with Gasteiger partial charge < -0.3 is 24.8 Å². The summed E-state index contributed by atoms with van der Waals surface area (Å²) in [6, 6.07) is 0. The molecule has 3 N–H and O–H groups in total. The zero-order chi connectivity index (χ0) is 9.14. The van der Waals surface area contributed by atoms with Crippen LogP contribution in [0.15, 0.2) is 0 Å². The van der Waals surface area contributed by atoms with Gasteiger partial charge in [0, 0.05) is 7.11 Å². The predicted octanol–water partition coefficient (Wildman–Crippen LogP) is -1.89. The molecule has 5 nitrogen and oxygen atoms in total. The summed E-state index contributed by atoms with van der Waals surface area (Å²) < 4.78 is 9.79. The van der Waals surface area contributed by atoms with Crippen molar-refractivity contribution in [2.24, 2.45) is 0 Å². The lowest BCUT2D eigenvalue weighted by molar-refractivity contribution is -0.197. The highest BCUT2D eigenvalue weighted by atomic mass is 16.6. The zero-order valence-corrected chi connectivity index (χ0v) is 6.88. The van der Waals surface area contributed by atoms with Gasteiger partial charge in [-0.25, -0.2) is 0 Å². The van der Waals surface area contributed by atoms with Gasteiger partial charge in [-0.2, -0.15) is 0 Å². The Balaban J connectivity index is 2.46. The maximum Gasteiger partial charge on any atom is 0.111 e. The Bertz CT molecular complexity index is 140. The molecule has 0 aliphatic carbocycles. The topological polar surface area (TPSA) is 79.2 Å². The summed E-state index contributed by atoms with van der Waals surface area (Å²) in [5, 5.41) is 27.6. The quantitative estimate of drug-likeness (QED) is 0.461. The van der Waals surface area contributed by atoms with E-state index in [2.05, 4.69) is 0 Å². The molecule has 1 rings (SSSR count). The van der Waals surface area contributed by atoms with Crippen LogP contribution in [0.4, 0.5) is 0 Å². The molecule has 3 unspecified atom stereocenters. The Morgan fingerprint density at radius 1 is 1.33 bits per heavy atom. The van der Waals surface area contributed by atoms with Crippen molar-refractivity contribution in [2.45, 2.75) is 24.4 Å². The monoisotopic (exact) mass is 178 g/mol. The van der Waals surface area contributed by atoms with Crippen LogP contribution in [-0.2, 0) is 9.47 Å². The maximum atomic E-state index is 9.32. The first-order valence-corrected chi connectivity index (χ1v) is 3.81. The third-order valence-corrected chi connectivity index (χ3v) is 1.94. The highest BCUT2D eigenvalue weighted by Gasteiger charge is 2.37. The molecule has 1 aliphatic rings. The van der Waals surface area contributed by atoms with Crippen LogP contribution in [0.2, 0.25) is 0 Å². The smallest absolute Gasteiger partial charge is 0.111 e. The van der Waals surface area contributed by atoms with Crippen LogP contribution in [0, 0.1) is 0 Å². The van der Waals surface area contributed by atoms with Gasteiger partial charge >= 0.3 is 0 Å². The van der Waals surface area contributed by atoms with Crippen molar-refractivity contribution in [1.29, 1.82) is 0 Å². The van der Waals surface area contributed by atoms with Crippen molar-refractivity contribution in [2.75, 3.05) is 20.3 Å². The molecule has 0 aromatic rings. The van der Waals surface area contributed by atoms with Crippen molar-refractivity contribution in [3.63, 3.8) is 0 Å². The second-order valence-electron chi connectivity index (χ2n) is 2.88. The first-order valence-electron chi connectivity index (χ1n) is 3.81. The molecule has 0 saturated carbocycles. The number of ether oxygens (including phenoxy) is 2. The molecule has 0 bridgehead atoms. The van der Waals surface area contributed by atoms with E-state index in [0.29, 0.717) is 0 Å². The Hall–Kier alpha value is -0.200. The Labute approximate surface area is 70.5 Å². The van der Waals surface area contributed by atoms with E-state index in [1.807, 2.05) is 0 Å². The van der Waals surface area contributed by atoms with E-state index < -0.39 is 24.4 Å². The minimum Gasteiger partial charge on any atom is -0.388 e. The molecule has 0 spiro atoms. The first kappa shape index (κ1) is 9.88. The highest BCUT2D eigenvalue weighted by molar-refractivity contribution is 4.86. The van der Waals surface area contributed by atoms with Crippen LogP contribution < -0.4 is 0 Å². The number of aliphatic hydroxyl groups is 3. The molecular formula is C7H14O5. The average molecular weight is 178 g/mol. The van der Waals surface area contributed by atoms with Crippen LogP contribution in [0.25, 0.3) is 0 Å². The van der Waals surface area contributed by atoms with Gasteiger partial charge in [-0.05, 0) is 0 Å². The number of rotatable bonds is 2. The molecule has 12 heavy (non-hydrogen) atoms. The molecule has 1 fully saturated rings. The largest absolute Gasteiger partial charge is 0.388 e. The first-order chi connectivity index (χ1) is 5.66. The highest BCUT2D eigenvalue weighted by Crippen LogP contribution is 2.15. The molecule has 72 valence electrons. The second-order valence-corrected chi connectivity index (χ2v) is 2.88. The van der Waals surface area contributed by atoms with Gasteiger partial charge in [0.05, 0.1) is 13.2 Å². The summed E-state index contributed by atoms with van der Waals surface area (Å²) >= 11 is 0.